The van der Waals surface area contributed by atoms with Crippen molar-refractivity contribution in [2.45, 2.75) is 49.5 Å². The molecule has 3 unspecified atom stereocenters. The van der Waals surface area contributed by atoms with Gasteiger partial charge in [0, 0.05) is 39.9 Å². The molecule has 2 aliphatic heterocycles. The lowest BCUT2D eigenvalue weighted by Crippen LogP contribution is -2.37. The van der Waals surface area contributed by atoms with E-state index in [1.165, 1.54) is 21.4 Å². The minimum Gasteiger partial charge on any atom is -0.388 e. The molecule has 0 aliphatic carbocycles. The minimum atomic E-state index is -4.53. The third-order valence-corrected chi connectivity index (χ3v) is 5.54. The number of aliphatic hydroxyl groups is 1. The van der Waals surface area contributed by atoms with Crippen LogP contribution in [-0.4, -0.2) is 103 Å². The maximum absolute atomic E-state index is 12.3. The molecular formula is C13H23B3O9P. The second-order valence-electron chi connectivity index (χ2n) is 6.31. The summed E-state index contributed by atoms with van der Waals surface area (Å²) in [6.07, 6.45) is -4.25. The number of hydrogen-bond acceptors (Lipinski definition) is 8. The monoisotopic (exact) mass is 387 g/mol. The molecule has 2 saturated heterocycles. The van der Waals surface area contributed by atoms with Crippen LogP contribution in [0.15, 0.2) is 0 Å². The SMILES string of the molecule is [B][B][C@@H]1O[C@H](COP(=O)(O)O[C@@H]2C(O)[C@H]([B])O[C@@H]2COC)[C@H](OC)C1C. The Morgan fingerprint density at radius 3 is 2.42 bits per heavy atom. The number of rotatable bonds is 9. The Kier molecular flexibility index (Phi) is 8.22. The van der Waals surface area contributed by atoms with Crippen molar-refractivity contribution < 1.29 is 42.6 Å². The van der Waals surface area contributed by atoms with Gasteiger partial charge in [-0.1, -0.05) is 6.92 Å². The lowest BCUT2D eigenvalue weighted by Gasteiger charge is -2.24. The quantitative estimate of drug-likeness (QED) is 0.363. The highest BCUT2D eigenvalue weighted by molar-refractivity contribution is 7.47. The van der Waals surface area contributed by atoms with Crippen molar-refractivity contribution in [2.75, 3.05) is 27.4 Å². The molecule has 5 radical (unpaired) electrons. The molecule has 9 nitrogen and oxygen atoms in total. The molecule has 0 saturated carbocycles. The van der Waals surface area contributed by atoms with Gasteiger partial charge in [0.25, 0.3) is 0 Å². The Morgan fingerprint density at radius 1 is 1.19 bits per heavy atom. The Labute approximate surface area is 156 Å². The maximum Gasteiger partial charge on any atom is 0.472 e. The summed E-state index contributed by atoms with van der Waals surface area (Å²) in [5.41, 5.74) is 0. The van der Waals surface area contributed by atoms with E-state index in [4.69, 9.17) is 43.6 Å². The third-order valence-electron chi connectivity index (χ3n) is 4.56. The average molecular weight is 387 g/mol. The van der Waals surface area contributed by atoms with E-state index in [-0.39, 0.29) is 31.2 Å². The van der Waals surface area contributed by atoms with Crippen molar-refractivity contribution in [2.24, 2.45) is 5.92 Å². The smallest absolute Gasteiger partial charge is 0.388 e. The van der Waals surface area contributed by atoms with E-state index < -0.39 is 38.2 Å². The van der Waals surface area contributed by atoms with Crippen LogP contribution in [0, 0.1) is 5.92 Å². The molecule has 0 spiro atoms. The van der Waals surface area contributed by atoms with Crippen molar-refractivity contribution in [3.8, 4) is 0 Å². The van der Waals surface area contributed by atoms with E-state index in [1.807, 2.05) is 6.92 Å². The summed E-state index contributed by atoms with van der Waals surface area (Å²) >= 11 is 0. The van der Waals surface area contributed by atoms with E-state index in [0.29, 0.717) is 0 Å². The lowest BCUT2D eigenvalue weighted by atomic mass is 9.49. The first-order valence-electron chi connectivity index (χ1n) is 8.21. The maximum atomic E-state index is 12.3. The van der Waals surface area contributed by atoms with Crippen LogP contribution >= 0.6 is 7.82 Å². The molecule has 2 fully saturated rings. The standard InChI is InChI=1S/C13H23B3O9P/c1-6-10(21-3)8(24-13(6)16-15)5-22-26(18,19)25-11-7(4-20-2)23-12(14)9(11)17/h6-13,17H,4-5H2,1-3H3,(H,18,19)/t6?,7-,8-,9?,10-,11+,12-,13-/m1/s1. The van der Waals surface area contributed by atoms with Gasteiger partial charge in [-0.25, -0.2) is 4.57 Å². The summed E-state index contributed by atoms with van der Waals surface area (Å²) in [6.45, 7) is 1.66. The second-order valence-corrected chi connectivity index (χ2v) is 7.72. The van der Waals surface area contributed by atoms with Gasteiger partial charge in [-0.15, -0.1) is 0 Å². The molecule has 9 atom stereocenters. The normalized spacial score (nSPS) is 42.7. The van der Waals surface area contributed by atoms with Crippen molar-refractivity contribution in [3.05, 3.63) is 0 Å². The largest absolute Gasteiger partial charge is 0.472 e. The van der Waals surface area contributed by atoms with E-state index >= 15 is 0 Å². The topological polar surface area (TPSA) is 113 Å². The van der Waals surface area contributed by atoms with Crippen molar-refractivity contribution in [1.29, 1.82) is 0 Å². The lowest BCUT2D eigenvalue weighted by molar-refractivity contribution is -0.0423. The van der Waals surface area contributed by atoms with E-state index in [2.05, 4.69) is 0 Å². The first kappa shape index (κ1) is 22.4. The fourth-order valence-corrected chi connectivity index (χ4v) is 4.16. The Morgan fingerprint density at radius 2 is 1.85 bits per heavy atom. The molecule has 0 aromatic carbocycles. The van der Waals surface area contributed by atoms with Gasteiger partial charge < -0.3 is 28.9 Å². The van der Waals surface area contributed by atoms with E-state index in [1.54, 1.807) is 0 Å². The molecule has 2 aliphatic rings. The molecule has 13 heteroatoms. The number of aliphatic hydroxyl groups excluding tert-OH is 1. The van der Waals surface area contributed by atoms with Gasteiger partial charge >= 0.3 is 7.82 Å². The van der Waals surface area contributed by atoms with Crippen LogP contribution in [0.4, 0.5) is 0 Å². The zero-order chi connectivity index (χ0) is 19.5. The molecule has 2 heterocycles. The Bertz CT molecular complexity index is 501. The summed E-state index contributed by atoms with van der Waals surface area (Å²) in [5, 5.41) is 10.00. The summed E-state index contributed by atoms with van der Waals surface area (Å²) in [7, 11) is 10.9. The van der Waals surface area contributed by atoms with Gasteiger partial charge in [-0.05, 0) is 0 Å². The zero-order valence-corrected chi connectivity index (χ0v) is 15.9. The van der Waals surface area contributed by atoms with Gasteiger partial charge in [0.05, 0.1) is 26.5 Å². The highest BCUT2D eigenvalue weighted by Crippen LogP contribution is 2.48. The van der Waals surface area contributed by atoms with Gasteiger partial charge in [-0.3, -0.25) is 9.05 Å². The average Bonchev–Trinajstić information content (AvgIpc) is 3.04. The van der Waals surface area contributed by atoms with Gasteiger partial charge in [-0.2, -0.15) is 0 Å². The molecule has 0 bridgehead atoms. The summed E-state index contributed by atoms with van der Waals surface area (Å²) in [4.78, 5) is 10.0. The minimum absolute atomic E-state index is 0.0262. The first-order valence-corrected chi connectivity index (χ1v) is 9.70. The highest BCUT2D eigenvalue weighted by atomic mass is 31.2. The van der Waals surface area contributed by atoms with Crippen molar-refractivity contribution in [1.82, 2.24) is 0 Å². The second kappa shape index (κ2) is 9.54. The van der Waals surface area contributed by atoms with Gasteiger partial charge in [0.2, 0.25) is 0 Å². The Hall–Kier alpha value is 0.105. The van der Waals surface area contributed by atoms with Crippen LogP contribution in [0.1, 0.15) is 6.92 Å². The molecular weight excluding hydrogens is 364 g/mol. The highest BCUT2D eigenvalue weighted by Gasteiger charge is 2.47. The number of phosphoric ester groups is 1. The van der Waals surface area contributed by atoms with Crippen LogP contribution in [0.2, 0.25) is 0 Å². The van der Waals surface area contributed by atoms with Crippen LogP contribution in [0.3, 0.4) is 0 Å². The number of methoxy groups -OCH3 is 2. The number of phosphoric acid groups is 1. The van der Waals surface area contributed by atoms with Gasteiger partial charge in [0.1, 0.15) is 32.3 Å². The molecule has 0 amide bonds. The van der Waals surface area contributed by atoms with Crippen LogP contribution in [-0.2, 0) is 32.6 Å². The number of hydrogen-bond donors (Lipinski definition) is 2. The summed E-state index contributed by atoms with van der Waals surface area (Å²) in [6, 6.07) is -1.42. The molecule has 26 heavy (non-hydrogen) atoms. The Balaban J connectivity index is 1.95. The molecule has 143 valence electrons. The predicted octanol–water partition coefficient (Wildman–Crippen LogP) is -1.45. The summed E-state index contributed by atoms with van der Waals surface area (Å²) in [5.74, 6) is -0.0493. The van der Waals surface area contributed by atoms with E-state index in [0.717, 1.165) is 0 Å². The third kappa shape index (κ3) is 5.13. The fraction of sp³-hybridized carbons (Fsp3) is 1.00. The zero-order valence-electron chi connectivity index (χ0n) is 15.0. The number of ether oxygens (including phenoxy) is 4. The van der Waals surface area contributed by atoms with Gasteiger partial charge in [0.15, 0.2) is 0 Å². The molecule has 0 aromatic rings. The molecule has 2 rings (SSSR count). The summed E-state index contributed by atoms with van der Waals surface area (Å²) < 4.78 is 43.6. The fourth-order valence-electron chi connectivity index (χ4n) is 3.20. The van der Waals surface area contributed by atoms with Crippen molar-refractivity contribution >= 4 is 30.6 Å². The van der Waals surface area contributed by atoms with Crippen LogP contribution in [0.5, 0.6) is 0 Å². The predicted molar refractivity (Wildman–Crippen MR) is 93.1 cm³/mol. The molecule has 0 aromatic heterocycles. The molecule has 2 N–H and O–H groups in total. The van der Waals surface area contributed by atoms with E-state index in [9.17, 15) is 14.6 Å². The van der Waals surface area contributed by atoms with Crippen LogP contribution < -0.4 is 0 Å². The van der Waals surface area contributed by atoms with Crippen LogP contribution in [0.25, 0.3) is 0 Å². The first-order chi connectivity index (χ1) is 12.2. The van der Waals surface area contributed by atoms with Crippen molar-refractivity contribution in [3.63, 3.8) is 0 Å².